The summed E-state index contributed by atoms with van der Waals surface area (Å²) in [7, 11) is 0. The van der Waals surface area contributed by atoms with E-state index in [0.717, 1.165) is 30.8 Å². The Kier molecular flexibility index (Phi) is 6.33. The molecule has 3 heterocycles. The minimum Gasteiger partial charge on any atom is -0.335 e. The smallest absolute Gasteiger partial charge is 0.335 e. The first-order chi connectivity index (χ1) is 16.8. The van der Waals surface area contributed by atoms with Crippen molar-refractivity contribution in [1.29, 1.82) is 0 Å². The Morgan fingerprint density at radius 3 is 1.97 bits per heavy atom. The topological polar surface area (TPSA) is 56.8 Å². The highest BCUT2D eigenvalue weighted by molar-refractivity contribution is 7.11. The number of hydrogen-bond acceptors (Lipinski definition) is 5. The SMILES string of the molecule is O=C(c1ccc(-c2ccc(C(F)(F)F)cc2)cc1)N1CC(N2CCN(C(=O)c3nccs3)CC2)C1. The van der Waals surface area contributed by atoms with E-state index in [9.17, 15) is 22.8 Å². The van der Waals surface area contributed by atoms with E-state index >= 15 is 0 Å². The molecule has 0 N–H and O–H groups in total. The van der Waals surface area contributed by atoms with Gasteiger partial charge in [0.05, 0.1) is 5.56 Å². The van der Waals surface area contributed by atoms with Gasteiger partial charge in [-0.05, 0) is 35.4 Å². The van der Waals surface area contributed by atoms with E-state index in [4.69, 9.17) is 0 Å². The molecule has 182 valence electrons. The molecular weight excluding hydrogens is 477 g/mol. The number of nitrogens with zero attached hydrogens (tertiary/aromatic N) is 4. The van der Waals surface area contributed by atoms with Crippen LogP contribution in [-0.4, -0.2) is 76.8 Å². The Morgan fingerprint density at radius 2 is 1.43 bits per heavy atom. The molecule has 2 fully saturated rings. The van der Waals surface area contributed by atoms with Gasteiger partial charge >= 0.3 is 6.18 Å². The van der Waals surface area contributed by atoms with Gasteiger partial charge in [0.2, 0.25) is 0 Å². The first-order valence-corrected chi connectivity index (χ1v) is 12.2. The maximum atomic E-state index is 12.9. The first kappa shape index (κ1) is 23.5. The molecule has 1 aromatic heterocycles. The number of amides is 2. The quantitative estimate of drug-likeness (QED) is 0.541. The van der Waals surface area contributed by atoms with E-state index in [2.05, 4.69) is 9.88 Å². The van der Waals surface area contributed by atoms with Crippen LogP contribution in [0, 0.1) is 0 Å². The van der Waals surface area contributed by atoms with Crippen LogP contribution in [0.25, 0.3) is 11.1 Å². The second kappa shape index (κ2) is 9.43. The molecule has 35 heavy (non-hydrogen) atoms. The van der Waals surface area contributed by atoms with Crippen LogP contribution in [0.2, 0.25) is 0 Å². The van der Waals surface area contributed by atoms with Crippen molar-refractivity contribution in [3.05, 3.63) is 76.2 Å². The first-order valence-electron chi connectivity index (χ1n) is 11.3. The highest BCUT2D eigenvalue weighted by Crippen LogP contribution is 2.31. The largest absolute Gasteiger partial charge is 0.416 e. The zero-order valence-electron chi connectivity index (χ0n) is 18.7. The lowest BCUT2D eigenvalue weighted by atomic mass is 10.0. The highest BCUT2D eigenvalue weighted by atomic mass is 32.1. The van der Waals surface area contributed by atoms with Gasteiger partial charge in [-0.1, -0.05) is 24.3 Å². The molecule has 5 rings (SSSR count). The number of rotatable bonds is 4. The molecule has 3 aromatic rings. The highest BCUT2D eigenvalue weighted by Gasteiger charge is 2.37. The third-order valence-electron chi connectivity index (χ3n) is 6.56. The monoisotopic (exact) mass is 500 g/mol. The van der Waals surface area contributed by atoms with E-state index < -0.39 is 11.7 Å². The van der Waals surface area contributed by atoms with E-state index in [1.807, 2.05) is 4.90 Å². The molecule has 2 aromatic carbocycles. The summed E-state index contributed by atoms with van der Waals surface area (Å²) in [6.45, 7) is 4.11. The number of likely N-dealkylation sites (tertiary alicyclic amines) is 1. The van der Waals surface area contributed by atoms with Crippen molar-refractivity contribution in [2.45, 2.75) is 12.2 Å². The van der Waals surface area contributed by atoms with E-state index in [1.165, 1.54) is 23.5 Å². The number of aromatic nitrogens is 1. The molecule has 0 unspecified atom stereocenters. The summed E-state index contributed by atoms with van der Waals surface area (Å²) in [5.41, 5.74) is 1.28. The van der Waals surface area contributed by atoms with Gasteiger partial charge in [-0.25, -0.2) is 4.98 Å². The molecule has 0 atom stereocenters. The van der Waals surface area contributed by atoms with Gasteiger partial charge in [-0.3, -0.25) is 14.5 Å². The molecule has 0 aliphatic carbocycles. The van der Waals surface area contributed by atoms with Gasteiger partial charge in [-0.15, -0.1) is 11.3 Å². The molecule has 0 bridgehead atoms. The number of alkyl halides is 3. The van der Waals surface area contributed by atoms with Crippen LogP contribution >= 0.6 is 11.3 Å². The summed E-state index contributed by atoms with van der Waals surface area (Å²) in [6, 6.07) is 12.2. The van der Waals surface area contributed by atoms with E-state index in [1.54, 1.807) is 40.7 Å². The fourth-order valence-electron chi connectivity index (χ4n) is 4.45. The fraction of sp³-hybridized carbons (Fsp3) is 0.320. The minimum atomic E-state index is -4.36. The molecule has 2 aliphatic heterocycles. The fourth-order valence-corrected chi connectivity index (χ4v) is 5.05. The Balaban J connectivity index is 1.12. The number of benzene rings is 2. The maximum Gasteiger partial charge on any atom is 0.416 e. The zero-order valence-corrected chi connectivity index (χ0v) is 19.6. The van der Waals surface area contributed by atoms with E-state index in [0.29, 0.717) is 42.3 Å². The number of hydrogen-bond donors (Lipinski definition) is 0. The Labute approximate surface area is 204 Å². The van der Waals surface area contributed by atoms with Gasteiger partial charge in [0.25, 0.3) is 11.8 Å². The van der Waals surface area contributed by atoms with Crippen LogP contribution in [0.15, 0.2) is 60.1 Å². The lowest BCUT2D eigenvalue weighted by Gasteiger charge is -2.48. The average Bonchev–Trinajstić information content (AvgIpc) is 3.38. The van der Waals surface area contributed by atoms with Crippen LogP contribution in [0.5, 0.6) is 0 Å². The second-order valence-electron chi connectivity index (χ2n) is 8.68. The van der Waals surface area contributed by atoms with Gasteiger partial charge in [0.1, 0.15) is 0 Å². The zero-order chi connectivity index (χ0) is 24.6. The summed E-state index contributed by atoms with van der Waals surface area (Å²) < 4.78 is 38.3. The Hall–Kier alpha value is -3.24. The van der Waals surface area contributed by atoms with Crippen LogP contribution in [-0.2, 0) is 6.18 Å². The van der Waals surface area contributed by atoms with Crippen molar-refractivity contribution in [3.63, 3.8) is 0 Å². The molecule has 6 nitrogen and oxygen atoms in total. The Morgan fingerprint density at radius 1 is 0.829 bits per heavy atom. The molecule has 2 saturated heterocycles. The van der Waals surface area contributed by atoms with Crippen molar-refractivity contribution in [1.82, 2.24) is 19.7 Å². The van der Waals surface area contributed by atoms with Crippen molar-refractivity contribution in [3.8, 4) is 11.1 Å². The lowest BCUT2D eigenvalue weighted by Crippen LogP contribution is -2.64. The summed E-state index contributed by atoms with van der Waals surface area (Å²) in [6.07, 6.45) is -2.73. The number of carbonyl (C=O) groups is 2. The van der Waals surface area contributed by atoms with Crippen LogP contribution < -0.4 is 0 Å². The van der Waals surface area contributed by atoms with Crippen molar-refractivity contribution < 1.29 is 22.8 Å². The summed E-state index contributed by atoms with van der Waals surface area (Å²) in [5.74, 6) is -0.0809. The predicted octanol–water partition coefficient (Wildman–Crippen LogP) is 4.11. The molecule has 2 amide bonds. The molecule has 0 spiro atoms. The van der Waals surface area contributed by atoms with Gasteiger partial charge in [-0.2, -0.15) is 13.2 Å². The van der Waals surface area contributed by atoms with Gasteiger partial charge < -0.3 is 9.80 Å². The van der Waals surface area contributed by atoms with Crippen molar-refractivity contribution in [2.24, 2.45) is 0 Å². The van der Waals surface area contributed by atoms with Gasteiger partial charge in [0, 0.05) is 62.5 Å². The van der Waals surface area contributed by atoms with E-state index in [-0.39, 0.29) is 17.9 Å². The van der Waals surface area contributed by atoms with Crippen molar-refractivity contribution in [2.75, 3.05) is 39.3 Å². The summed E-state index contributed by atoms with van der Waals surface area (Å²) >= 11 is 1.35. The Bertz CT molecular complexity index is 1180. The third-order valence-corrected chi connectivity index (χ3v) is 7.32. The average molecular weight is 501 g/mol. The summed E-state index contributed by atoms with van der Waals surface area (Å²) in [4.78, 5) is 35.3. The molecule has 0 saturated carbocycles. The summed E-state index contributed by atoms with van der Waals surface area (Å²) in [5, 5.41) is 2.31. The standard InChI is InChI=1S/C25H23F3N4O2S/c26-25(27,28)20-7-5-18(6-8-20)17-1-3-19(4-2-17)23(33)32-15-21(16-32)30-10-12-31(13-11-30)24(34)22-29-9-14-35-22/h1-9,14,21H,10-13,15-16H2. The molecule has 2 aliphatic rings. The number of piperazine rings is 1. The molecular formula is C25H23F3N4O2S. The molecule has 0 radical (unpaired) electrons. The predicted molar refractivity (Wildman–Crippen MR) is 126 cm³/mol. The normalized spacial score (nSPS) is 17.3. The minimum absolute atomic E-state index is 0.0233. The maximum absolute atomic E-state index is 12.9. The van der Waals surface area contributed by atoms with Crippen molar-refractivity contribution >= 4 is 23.2 Å². The van der Waals surface area contributed by atoms with Crippen LogP contribution in [0.1, 0.15) is 25.7 Å². The van der Waals surface area contributed by atoms with Gasteiger partial charge in [0.15, 0.2) is 5.01 Å². The second-order valence-corrected chi connectivity index (χ2v) is 9.58. The molecule has 10 heteroatoms. The third kappa shape index (κ3) is 4.94. The lowest BCUT2D eigenvalue weighted by molar-refractivity contribution is -0.137. The number of thiazole rings is 1. The van der Waals surface area contributed by atoms with Crippen LogP contribution in [0.3, 0.4) is 0 Å². The number of carbonyl (C=O) groups excluding carboxylic acids is 2. The number of halogens is 3. The van der Waals surface area contributed by atoms with Crippen LogP contribution in [0.4, 0.5) is 13.2 Å².